The standard InChI is InChI=1S/C40H26N2S/c1-3-14-27(15-4-1)39-37-33-22-9-12-25-36(33)42(38(37)40(43-39)28-16-5-2-6-17-28)30-19-13-18-29(26-30)41-34-23-10-7-20-31(34)32-21-8-11-24-35(32)41/h1-26H. The molecule has 2 nitrogen and oxygen atoms in total. The van der Waals surface area contributed by atoms with Crippen LogP contribution in [0.3, 0.4) is 0 Å². The highest BCUT2D eigenvalue weighted by Crippen LogP contribution is 2.49. The maximum absolute atomic E-state index is 2.48. The summed E-state index contributed by atoms with van der Waals surface area (Å²) in [7, 11) is 0. The van der Waals surface area contributed by atoms with Crippen LogP contribution in [0.25, 0.3) is 75.9 Å². The monoisotopic (exact) mass is 566 g/mol. The van der Waals surface area contributed by atoms with E-state index in [4.69, 9.17) is 0 Å². The predicted molar refractivity (Wildman–Crippen MR) is 184 cm³/mol. The molecule has 0 saturated heterocycles. The Morgan fingerprint density at radius 3 is 1.44 bits per heavy atom. The van der Waals surface area contributed by atoms with Crippen molar-refractivity contribution >= 4 is 54.9 Å². The van der Waals surface area contributed by atoms with E-state index in [-0.39, 0.29) is 0 Å². The molecule has 0 atom stereocenters. The van der Waals surface area contributed by atoms with E-state index >= 15 is 0 Å². The summed E-state index contributed by atoms with van der Waals surface area (Å²) in [6.45, 7) is 0. The van der Waals surface area contributed by atoms with Crippen molar-refractivity contribution < 1.29 is 0 Å². The lowest BCUT2D eigenvalue weighted by Gasteiger charge is -2.13. The van der Waals surface area contributed by atoms with Crippen LogP contribution in [0.2, 0.25) is 0 Å². The van der Waals surface area contributed by atoms with Crippen molar-refractivity contribution in [2.45, 2.75) is 0 Å². The number of nitrogens with zero attached hydrogens (tertiary/aromatic N) is 2. The maximum Gasteiger partial charge on any atom is 0.0734 e. The van der Waals surface area contributed by atoms with Gasteiger partial charge in [0.2, 0.25) is 0 Å². The van der Waals surface area contributed by atoms with Gasteiger partial charge in [-0.3, -0.25) is 0 Å². The molecule has 0 unspecified atom stereocenters. The number of rotatable bonds is 4. The largest absolute Gasteiger partial charge is 0.309 e. The van der Waals surface area contributed by atoms with Crippen molar-refractivity contribution in [3.8, 4) is 32.3 Å². The van der Waals surface area contributed by atoms with Crippen molar-refractivity contribution in [2.24, 2.45) is 0 Å². The third-order valence-electron chi connectivity index (χ3n) is 8.52. The fourth-order valence-electron chi connectivity index (χ4n) is 6.70. The average Bonchev–Trinajstić information content (AvgIpc) is 3.74. The molecule has 43 heavy (non-hydrogen) atoms. The molecule has 3 aromatic heterocycles. The summed E-state index contributed by atoms with van der Waals surface area (Å²) in [6, 6.07) is 57.0. The Labute approximate surface area is 253 Å². The normalized spacial score (nSPS) is 11.7. The summed E-state index contributed by atoms with van der Waals surface area (Å²) in [4.78, 5) is 2.59. The second kappa shape index (κ2) is 9.59. The van der Waals surface area contributed by atoms with Crippen LogP contribution < -0.4 is 0 Å². The third-order valence-corrected chi connectivity index (χ3v) is 9.80. The molecule has 0 bridgehead atoms. The van der Waals surface area contributed by atoms with E-state index in [9.17, 15) is 0 Å². The van der Waals surface area contributed by atoms with Gasteiger partial charge in [-0.1, -0.05) is 121 Å². The van der Waals surface area contributed by atoms with Gasteiger partial charge in [-0.15, -0.1) is 11.3 Å². The van der Waals surface area contributed by atoms with E-state index in [0.717, 1.165) is 11.4 Å². The molecule has 9 rings (SSSR count). The van der Waals surface area contributed by atoms with Gasteiger partial charge in [0.05, 0.1) is 26.9 Å². The smallest absolute Gasteiger partial charge is 0.0734 e. The highest BCUT2D eigenvalue weighted by Gasteiger charge is 2.23. The van der Waals surface area contributed by atoms with Crippen LogP contribution in [-0.4, -0.2) is 9.13 Å². The molecule has 3 heterocycles. The summed E-state index contributed by atoms with van der Waals surface area (Å²) < 4.78 is 4.88. The maximum atomic E-state index is 2.48. The van der Waals surface area contributed by atoms with E-state index < -0.39 is 0 Å². The van der Waals surface area contributed by atoms with Crippen LogP contribution in [0.1, 0.15) is 0 Å². The van der Waals surface area contributed by atoms with Crippen LogP contribution in [0.5, 0.6) is 0 Å². The summed E-state index contributed by atoms with van der Waals surface area (Å²) >= 11 is 1.89. The molecular weight excluding hydrogens is 541 g/mol. The highest BCUT2D eigenvalue weighted by molar-refractivity contribution is 7.21. The summed E-state index contributed by atoms with van der Waals surface area (Å²) in [5, 5.41) is 5.13. The van der Waals surface area contributed by atoms with Crippen molar-refractivity contribution in [1.82, 2.24) is 9.13 Å². The number of benzene rings is 6. The lowest BCUT2D eigenvalue weighted by atomic mass is 10.1. The summed E-state index contributed by atoms with van der Waals surface area (Å²) in [5.41, 5.74) is 9.71. The number of fused-ring (bicyclic) bond motifs is 6. The summed E-state index contributed by atoms with van der Waals surface area (Å²) in [5.74, 6) is 0. The van der Waals surface area contributed by atoms with Gasteiger partial charge in [0, 0.05) is 37.8 Å². The van der Waals surface area contributed by atoms with Crippen LogP contribution in [0, 0.1) is 0 Å². The Hall–Kier alpha value is -5.38. The first-order valence-electron chi connectivity index (χ1n) is 14.6. The lowest BCUT2D eigenvalue weighted by Crippen LogP contribution is -1.98. The molecule has 0 amide bonds. The van der Waals surface area contributed by atoms with Gasteiger partial charge in [-0.2, -0.15) is 0 Å². The van der Waals surface area contributed by atoms with Crippen LogP contribution >= 0.6 is 11.3 Å². The van der Waals surface area contributed by atoms with E-state index in [1.165, 1.54) is 64.5 Å². The number of aromatic nitrogens is 2. The topological polar surface area (TPSA) is 9.86 Å². The number of hydrogen-bond donors (Lipinski definition) is 0. The Bertz CT molecular complexity index is 2390. The zero-order valence-electron chi connectivity index (χ0n) is 23.3. The molecule has 6 aromatic carbocycles. The van der Waals surface area contributed by atoms with Crippen molar-refractivity contribution in [2.75, 3.05) is 0 Å². The van der Waals surface area contributed by atoms with Gasteiger partial charge in [0.25, 0.3) is 0 Å². The van der Waals surface area contributed by atoms with Gasteiger partial charge in [-0.25, -0.2) is 0 Å². The van der Waals surface area contributed by atoms with Gasteiger partial charge in [-0.05, 0) is 47.5 Å². The average molecular weight is 567 g/mol. The van der Waals surface area contributed by atoms with Crippen molar-refractivity contribution in [1.29, 1.82) is 0 Å². The van der Waals surface area contributed by atoms with Gasteiger partial charge < -0.3 is 9.13 Å². The predicted octanol–water partition coefficient (Wildman–Crippen LogP) is 11.3. The third kappa shape index (κ3) is 3.65. The van der Waals surface area contributed by atoms with E-state index in [1.807, 2.05) is 11.3 Å². The minimum atomic E-state index is 1.15. The van der Waals surface area contributed by atoms with E-state index in [2.05, 4.69) is 167 Å². The van der Waals surface area contributed by atoms with Crippen molar-refractivity contribution in [3.63, 3.8) is 0 Å². The molecule has 0 spiro atoms. The zero-order valence-corrected chi connectivity index (χ0v) is 24.1. The molecule has 0 aliphatic carbocycles. The molecule has 0 aliphatic rings. The van der Waals surface area contributed by atoms with Crippen LogP contribution in [-0.2, 0) is 0 Å². The second-order valence-electron chi connectivity index (χ2n) is 11.0. The molecule has 0 saturated carbocycles. The fraction of sp³-hybridized carbons (Fsp3) is 0. The molecule has 0 aliphatic heterocycles. The molecule has 3 heteroatoms. The van der Waals surface area contributed by atoms with E-state index in [0.29, 0.717) is 0 Å². The van der Waals surface area contributed by atoms with Crippen LogP contribution in [0.15, 0.2) is 158 Å². The Morgan fingerprint density at radius 2 is 0.837 bits per heavy atom. The van der Waals surface area contributed by atoms with Gasteiger partial charge in [0.15, 0.2) is 0 Å². The minimum absolute atomic E-state index is 1.15. The molecule has 0 N–H and O–H groups in total. The number of hydrogen-bond acceptors (Lipinski definition) is 1. The second-order valence-corrected chi connectivity index (χ2v) is 12.0. The first kappa shape index (κ1) is 24.2. The van der Waals surface area contributed by atoms with Crippen molar-refractivity contribution in [3.05, 3.63) is 158 Å². The molecular formula is C40H26N2S. The lowest BCUT2D eigenvalue weighted by molar-refractivity contribution is 1.14. The van der Waals surface area contributed by atoms with E-state index in [1.54, 1.807) is 0 Å². The minimum Gasteiger partial charge on any atom is -0.309 e. The number of thiophene rings is 1. The Kier molecular flexibility index (Phi) is 5.40. The number of para-hydroxylation sites is 3. The Morgan fingerprint density at radius 1 is 0.372 bits per heavy atom. The Balaban J connectivity index is 1.38. The SMILES string of the molecule is c1ccc(-c2sc(-c3ccccc3)c3c2c2ccccc2n3-c2cccc(-n3c4ccccc4c4ccccc43)c2)cc1. The first-order chi connectivity index (χ1) is 21.4. The van der Waals surface area contributed by atoms with Gasteiger partial charge in [0.1, 0.15) is 0 Å². The van der Waals surface area contributed by atoms with Crippen LogP contribution in [0.4, 0.5) is 0 Å². The first-order valence-corrected chi connectivity index (χ1v) is 15.4. The molecule has 202 valence electrons. The molecule has 0 fully saturated rings. The summed E-state index contributed by atoms with van der Waals surface area (Å²) in [6.07, 6.45) is 0. The quantitative estimate of drug-likeness (QED) is 0.200. The highest BCUT2D eigenvalue weighted by atomic mass is 32.1. The van der Waals surface area contributed by atoms with Gasteiger partial charge >= 0.3 is 0 Å². The molecule has 9 aromatic rings. The molecule has 0 radical (unpaired) electrons. The zero-order chi connectivity index (χ0) is 28.3. The fourth-order valence-corrected chi connectivity index (χ4v) is 8.01.